The molecule has 4 nitrogen and oxygen atoms in total. The molecule has 0 radical (unpaired) electrons. The molecule has 0 fully saturated rings. The second kappa shape index (κ2) is 11.5. The van der Waals surface area contributed by atoms with Crippen LogP contribution in [0.25, 0.3) is 0 Å². The standard InChI is InChI=1S/C23H23NO3S/c1-4-14-27-21-12-10-18(15-22(21)25-3)11-13-23(28)24-16-19-6-8-20(9-7-19)17-26-5-2/h1-2,6-10,12,15H,11,13-14,16-17H2,3H3,(H,24,28). The van der Waals surface area contributed by atoms with E-state index in [0.29, 0.717) is 24.7 Å². The van der Waals surface area contributed by atoms with E-state index in [0.717, 1.165) is 34.5 Å². The van der Waals surface area contributed by atoms with E-state index in [-0.39, 0.29) is 6.61 Å². The van der Waals surface area contributed by atoms with Gasteiger partial charge in [-0.3, -0.25) is 0 Å². The quantitative estimate of drug-likeness (QED) is 0.490. The van der Waals surface area contributed by atoms with Crippen LogP contribution in [0.15, 0.2) is 42.5 Å². The van der Waals surface area contributed by atoms with Crippen molar-refractivity contribution in [3.8, 4) is 36.4 Å². The van der Waals surface area contributed by atoms with Crippen molar-refractivity contribution >= 4 is 17.2 Å². The zero-order valence-corrected chi connectivity index (χ0v) is 16.7. The lowest BCUT2D eigenvalue weighted by Gasteiger charge is -2.12. The number of hydrogen-bond acceptors (Lipinski definition) is 4. The summed E-state index contributed by atoms with van der Waals surface area (Å²) in [5, 5.41) is 3.29. The first-order valence-corrected chi connectivity index (χ1v) is 9.22. The van der Waals surface area contributed by atoms with Crippen molar-refractivity contribution in [3.63, 3.8) is 0 Å². The van der Waals surface area contributed by atoms with Crippen molar-refractivity contribution in [2.75, 3.05) is 13.7 Å². The van der Waals surface area contributed by atoms with Gasteiger partial charge in [0.25, 0.3) is 0 Å². The van der Waals surface area contributed by atoms with E-state index in [9.17, 15) is 0 Å². The van der Waals surface area contributed by atoms with Crippen LogP contribution in [0, 0.1) is 24.9 Å². The summed E-state index contributed by atoms with van der Waals surface area (Å²) in [6.45, 7) is 1.30. The van der Waals surface area contributed by atoms with Crippen molar-refractivity contribution in [2.24, 2.45) is 0 Å². The first-order valence-electron chi connectivity index (χ1n) is 8.81. The van der Waals surface area contributed by atoms with Gasteiger partial charge in [-0.15, -0.1) is 6.42 Å². The second-order valence-corrected chi connectivity index (χ2v) is 6.47. The van der Waals surface area contributed by atoms with Crippen LogP contribution in [-0.4, -0.2) is 18.7 Å². The average Bonchev–Trinajstić information content (AvgIpc) is 2.74. The molecule has 2 rings (SSSR count). The third-order valence-electron chi connectivity index (χ3n) is 4.01. The summed E-state index contributed by atoms with van der Waals surface area (Å²) < 4.78 is 15.8. The molecule has 0 saturated carbocycles. The Balaban J connectivity index is 1.80. The molecule has 1 N–H and O–H groups in total. The van der Waals surface area contributed by atoms with E-state index < -0.39 is 0 Å². The smallest absolute Gasteiger partial charge is 0.162 e. The SMILES string of the molecule is C#CCOc1ccc(CCC(=S)NCc2ccc(COC#C)cc2)cc1OC. The lowest BCUT2D eigenvalue weighted by Crippen LogP contribution is -2.21. The van der Waals surface area contributed by atoms with Gasteiger partial charge in [-0.2, -0.15) is 0 Å². The molecule has 5 heteroatoms. The number of ether oxygens (including phenoxy) is 3. The maximum Gasteiger partial charge on any atom is 0.162 e. The minimum Gasteiger partial charge on any atom is -0.493 e. The minimum atomic E-state index is 0.210. The Morgan fingerprint density at radius 1 is 1.04 bits per heavy atom. The highest BCUT2D eigenvalue weighted by molar-refractivity contribution is 7.80. The normalized spacial score (nSPS) is 9.68. The van der Waals surface area contributed by atoms with Crippen LogP contribution in [0.3, 0.4) is 0 Å². The van der Waals surface area contributed by atoms with Crippen LogP contribution in [-0.2, 0) is 24.3 Å². The van der Waals surface area contributed by atoms with Gasteiger partial charge in [-0.25, -0.2) is 0 Å². The Morgan fingerprint density at radius 2 is 1.75 bits per heavy atom. The van der Waals surface area contributed by atoms with E-state index in [1.54, 1.807) is 7.11 Å². The molecule has 28 heavy (non-hydrogen) atoms. The van der Waals surface area contributed by atoms with Crippen molar-refractivity contribution in [2.45, 2.75) is 26.0 Å². The number of aryl methyl sites for hydroxylation is 1. The van der Waals surface area contributed by atoms with E-state index in [4.69, 9.17) is 39.3 Å². The molecule has 0 heterocycles. The molecular formula is C23H23NO3S. The highest BCUT2D eigenvalue weighted by Crippen LogP contribution is 2.28. The number of nitrogens with one attached hydrogen (secondary N) is 1. The highest BCUT2D eigenvalue weighted by Gasteiger charge is 2.06. The zero-order chi connectivity index (χ0) is 20.2. The third-order valence-corrected chi connectivity index (χ3v) is 4.36. The molecule has 2 aromatic carbocycles. The summed E-state index contributed by atoms with van der Waals surface area (Å²) >= 11 is 5.45. The van der Waals surface area contributed by atoms with Gasteiger partial charge in [0, 0.05) is 13.0 Å². The molecule has 0 aliphatic carbocycles. The summed E-state index contributed by atoms with van der Waals surface area (Å²) in [7, 11) is 1.61. The maximum absolute atomic E-state index is 5.46. The van der Waals surface area contributed by atoms with Gasteiger partial charge in [0.15, 0.2) is 11.5 Å². The average molecular weight is 394 g/mol. The van der Waals surface area contributed by atoms with Gasteiger partial charge < -0.3 is 19.5 Å². The molecule has 0 aliphatic rings. The summed E-state index contributed by atoms with van der Waals surface area (Å²) in [5.41, 5.74) is 3.29. The molecular weight excluding hydrogens is 370 g/mol. The number of thiocarbonyl (C=S) groups is 1. The lowest BCUT2D eigenvalue weighted by molar-refractivity contribution is 0.265. The van der Waals surface area contributed by atoms with Crippen LogP contribution in [0.2, 0.25) is 0 Å². The lowest BCUT2D eigenvalue weighted by atomic mass is 10.1. The number of terminal acetylenes is 2. The molecule has 0 bridgehead atoms. The summed E-state index contributed by atoms with van der Waals surface area (Å²) in [4.78, 5) is 0.811. The molecule has 0 unspecified atom stereocenters. The van der Waals surface area contributed by atoms with Crippen LogP contribution < -0.4 is 14.8 Å². The van der Waals surface area contributed by atoms with Crippen LogP contribution in [0.5, 0.6) is 11.5 Å². The van der Waals surface area contributed by atoms with Crippen LogP contribution >= 0.6 is 12.2 Å². The van der Waals surface area contributed by atoms with E-state index in [2.05, 4.69) is 17.3 Å². The fraction of sp³-hybridized carbons (Fsp3) is 0.261. The minimum absolute atomic E-state index is 0.210. The number of hydrogen-bond donors (Lipinski definition) is 1. The van der Waals surface area contributed by atoms with E-state index >= 15 is 0 Å². The van der Waals surface area contributed by atoms with Crippen molar-refractivity contribution < 1.29 is 14.2 Å². The number of benzene rings is 2. The zero-order valence-electron chi connectivity index (χ0n) is 15.9. The summed E-state index contributed by atoms with van der Waals surface area (Å²) in [6, 6.07) is 13.9. The van der Waals surface area contributed by atoms with Gasteiger partial charge >= 0.3 is 0 Å². The topological polar surface area (TPSA) is 39.7 Å². The molecule has 144 valence electrons. The largest absolute Gasteiger partial charge is 0.493 e. The molecule has 0 atom stereocenters. The Kier molecular flexibility index (Phi) is 8.72. The Bertz CT molecular complexity index is 863. The second-order valence-electron chi connectivity index (χ2n) is 5.98. The first kappa shape index (κ1) is 21.2. The molecule has 0 saturated heterocycles. The molecule has 0 aliphatic heterocycles. The Hall–Kier alpha value is -3.15. The summed E-state index contributed by atoms with van der Waals surface area (Å²) in [6.07, 6.45) is 14.0. The van der Waals surface area contributed by atoms with Gasteiger partial charge in [0.05, 0.1) is 12.1 Å². The van der Waals surface area contributed by atoms with Gasteiger partial charge in [-0.1, -0.05) is 54.9 Å². The Labute approximate surface area is 172 Å². The van der Waals surface area contributed by atoms with Crippen LogP contribution in [0.1, 0.15) is 23.1 Å². The molecule has 2 aromatic rings. The van der Waals surface area contributed by atoms with E-state index in [1.165, 1.54) is 0 Å². The maximum atomic E-state index is 5.46. The van der Waals surface area contributed by atoms with Crippen molar-refractivity contribution in [1.29, 1.82) is 0 Å². The number of rotatable bonds is 10. The Morgan fingerprint density at radius 3 is 2.43 bits per heavy atom. The predicted molar refractivity (Wildman–Crippen MR) is 115 cm³/mol. The molecule has 0 amide bonds. The predicted octanol–water partition coefficient (Wildman–Crippen LogP) is 3.86. The fourth-order valence-corrected chi connectivity index (χ4v) is 2.71. The van der Waals surface area contributed by atoms with Crippen molar-refractivity contribution in [3.05, 3.63) is 59.2 Å². The highest BCUT2D eigenvalue weighted by atomic mass is 32.1. The molecule has 0 spiro atoms. The third kappa shape index (κ3) is 6.87. The van der Waals surface area contributed by atoms with Crippen molar-refractivity contribution in [1.82, 2.24) is 5.32 Å². The first-order chi connectivity index (χ1) is 13.7. The van der Waals surface area contributed by atoms with Gasteiger partial charge in [-0.05, 0) is 35.2 Å². The summed E-state index contributed by atoms with van der Waals surface area (Å²) in [5.74, 6) is 3.75. The van der Waals surface area contributed by atoms with Crippen LogP contribution in [0.4, 0.5) is 0 Å². The molecule has 0 aromatic heterocycles. The van der Waals surface area contributed by atoms with E-state index in [1.807, 2.05) is 42.5 Å². The number of methoxy groups -OCH3 is 1. The van der Waals surface area contributed by atoms with Gasteiger partial charge in [0.1, 0.15) is 19.3 Å². The van der Waals surface area contributed by atoms with Gasteiger partial charge in [0.2, 0.25) is 0 Å². The monoisotopic (exact) mass is 393 g/mol. The fourth-order valence-electron chi connectivity index (χ4n) is 2.53.